The standard InChI is InChI=1S/C14H16ClFN4/c1-3-17-14-18-8-12(16)13(19-14)20(2)9-10-5-4-6-11(15)7-10/h4-8H,3,9H2,1-2H3,(H,17,18,19). The van der Waals surface area contributed by atoms with Crippen LogP contribution >= 0.6 is 11.6 Å². The van der Waals surface area contributed by atoms with Crippen LogP contribution in [0.4, 0.5) is 16.2 Å². The number of anilines is 2. The van der Waals surface area contributed by atoms with Crippen LogP contribution in [0.3, 0.4) is 0 Å². The van der Waals surface area contributed by atoms with Crippen LogP contribution in [0.1, 0.15) is 12.5 Å². The molecule has 0 aliphatic heterocycles. The Kier molecular flexibility index (Phi) is 4.74. The minimum absolute atomic E-state index is 0.260. The summed E-state index contributed by atoms with van der Waals surface area (Å²) >= 11 is 5.94. The van der Waals surface area contributed by atoms with Gasteiger partial charge < -0.3 is 10.2 Å². The van der Waals surface area contributed by atoms with E-state index in [-0.39, 0.29) is 5.82 Å². The molecule has 0 fully saturated rings. The van der Waals surface area contributed by atoms with E-state index < -0.39 is 5.82 Å². The molecule has 6 heteroatoms. The monoisotopic (exact) mass is 294 g/mol. The Labute approximate surface area is 122 Å². The molecule has 0 aliphatic rings. The minimum Gasteiger partial charge on any atom is -0.354 e. The molecule has 1 N–H and O–H groups in total. The van der Waals surface area contributed by atoms with E-state index in [1.165, 1.54) is 6.20 Å². The van der Waals surface area contributed by atoms with Gasteiger partial charge in [-0.2, -0.15) is 4.98 Å². The third-order valence-corrected chi connectivity index (χ3v) is 2.97. The summed E-state index contributed by atoms with van der Waals surface area (Å²) in [5, 5.41) is 3.63. The van der Waals surface area contributed by atoms with Crippen LogP contribution in [0.2, 0.25) is 5.02 Å². The molecule has 2 aromatic rings. The quantitative estimate of drug-likeness (QED) is 0.918. The first-order valence-corrected chi connectivity index (χ1v) is 6.70. The number of benzene rings is 1. The first-order valence-electron chi connectivity index (χ1n) is 6.32. The third kappa shape index (κ3) is 3.57. The van der Waals surface area contributed by atoms with Crippen molar-refractivity contribution >= 4 is 23.4 Å². The lowest BCUT2D eigenvalue weighted by Gasteiger charge is -2.19. The van der Waals surface area contributed by atoms with E-state index in [2.05, 4.69) is 15.3 Å². The van der Waals surface area contributed by atoms with Crippen molar-refractivity contribution in [2.24, 2.45) is 0 Å². The molecule has 2 rings (SSSR count). The zero-order valence-electron chi connectivity index (χ0n) is 11.4. The van der Waals surface area contributed by atoms with Crippen molar-refractivity contribution in [2.45, 2.75) is 13.5 Å². The Bertz CT molecular complexity index is 591. The Balaban J connectivity index is 2.19. The molecule has 0 bridgehead atoms. The number of hydrogen-bond acceptors (Lipinski definition) is 4. The van der Waals surface area contributed by atoms with Crippen LogP contribution < -0.4 is 10.2 Å². The predicted molar refractivity (Wildman–Crippen MR) is 79.7 cm³/mol. The Hall–Kier alpha value is -1.88. The summed E-state index contributed by atoms with van der Waals surface area (Å²) in [5.41, 5.74) is 0.989. The number of nitrogens with one attached hydrogen (secondary N) is 1. The number of rotatable bonds is 5. The fourth-order valence-electron chi connectivity index (χ4n) is 1.85. The van der Waals surface area contributed by atoms with Crippen LogP contribution in [0.15, 0.2) is 30.5 Å². The van der Waals surface area contributed by atoms with Crippen molar-refractivity contribution in [1.29, 1.82) is 0 Å². The smallest absolute Gasteiger partial charge is 0.224 e. The van der Waals surface area contributed by atoms with Crippen molar-refractivity contribution in [1.82, 2.24) is 9.97 Å². The van der Waals surface area contributed by atoms with Gasteiger partial charge in [-0.25, -0.2) is 9.37 Å². The fourth-order valence-corrected chi connectivity index (χ4v) is 2.07. The van der Waals surface area contributed by atoms with Gasteiger partial charge in [0, 0.05) is 25.2 Å². The number of aromatic nitrogens is 2. The maximum Gasteiger partial charge on any atom is 0.224 e. The molecule has 4 nitrogen and oxygen atoms in total. The SMILES string of the molecule is CCNc1ncc(F)c(N(C)Cc2cccc(Cl)c2)n1. The van der Waals surface area contributed by atoms with Gasteiger partial charge in [-0.05, 0) is 24.6 Å². The van der Waals surface area contributed by atoms with Crippen molar-refractivity contribution < 1.29 is 4.39 Å². The van der Waals surface area contributed by atoms with Gasteiger partial charge in [0.15, 0.2) is 11.6 Å². The summed E-state index contributed by atoms with van der Waals surface area (Å²) in [7, 11) is 1.78. The second-order valence-electron chi connectivity index (χ2n) is 4.38. The van der Waals surface area contributed by atoms with Crippen LogP contribution in [-0.4, -0.2) is 23.6 Å². The normalized spacial score (nSPS) is 10.4. The highest BCUT2D eigenvalue weighted by molar-refractivity contribution is 6.30. The third-order valence-electron chi connectivity index (χ3n) is 2.73. The molecule has 0 amide bonds. The molecular weight excluding hydrogens is 279 g/mol. The molecule has 0 saturated heterocycles. The van der Waals surface area contributed by atoms with E-state index in [1.54, 1.807) is 18.0 Å². The lowest BCUT2D eigenvalue weighted by molar-refractivity contribution is 0.607. The molecule has 20 heavy (non-hydrogen) atoms. The minimum atomic E-state index is -0.448. The number of halogens is 2. The van der Waals surface area contributed by atoms with Gasteiger partial charge in [-0.15, -0.1) is 0 Å². The van der Waals surface area contributed by atoms with Gasteiger partial charge in [0.05, 0.1) is 6.20 Å². The highest BCUT2D eigenvalue weighted by Crippen LogP contribution is 2.19. The summed E-state index contributed by atoms with van der Waals surface area (Å²) in [6, 6.07) is 7.46. The Morgan fingerprint density at radius 2 is 2.20 bits per heavy atom. The van der Waals surface area contributed by atoms with Crippen LogP contribution in [0, 0.1) is 5.82 Å². The van der Waals surface area contributed by atoms with Gasteiger partial charge in [0.25, 0.3) is 0 Å². The first kappa shape index (κ1) is 14.5. The summed E-state index contributed by atoms with van der Waals surface area (Å²) in [6.45, 7) is 3.13. The van der Waals surface area contributed by atoms with E-state index in [1.807, 2.05) is 25.1 Å². The molecule has 1 heterocycles. The summed E-state index contributed by atoms with van der Waals surface area (Å²) in [6.07, 6.45) is 1.18. The first-order chi connectivity index (χ1) is 9.60. The second-order valence-corrected chi connectivity index (χ2v) is 4.82. The average Bonchev–Trinajstić information content (AvgIpc) is 2.41. The predicted octanol–water partition coefficient (Wildman–Crippen LogP) is 3.34. The van der Waals surface area contributed by atoms with E-state index >= 15 is 0 Å². The lowest BCUT2D eigenvalue weighted by Crippen LogP contribution is -2.20. The van der Waals surface area contributed by atoms with E-state index in [0.29, 0.717) is 24.1 Å². The molecule has 0 radical (unpaired) electrons. The summed E-state index contributed by atoms with van der Waals surface area (Å²) in [4.78, 5) is 9.79. The molecule has 1 aromatic heterocycles. The number of nitrogens with zero attached hydrogens (tertiary/aromatic N) is 3. The Morgan fingerprint density at radius 1 is 1.40 bits per heavy atom. The van der Waals surface area contributed by atoms with E-state index in [9.17, 15) is 4.39 Å². The largest absolute Gasteiger partial charge is 0.354 e. The highest BCUT2D eigenvalue weighted by Gasteiger charge is 2.12. The zero-order chi connectivity index (χ0) is 14.5. The second kappa shape index (κ2) is 6.52. The molecular formula is C14H16ClFN4. The average molecular weight is 295 g/mol. The zero-order valence-corrected chi connectivity index (χ0v) is 12.2. The summed E-state index contributed by atoms with van der Waals surface area (Å²) < 4.78 is 13.8. The van der Waals surface area contributed by atoms with Crippen molar-refractivity contribution in [3.05, 3.63) is 46.9 Å². The van der Waals surface area contributed by atoms with Crippen molar-refractivity contribution in [3.63, 3.8) is 0 Å². The van der Waals surface area contributed by atoms with E-state index in [0.717, 1.165) is 5.56 Å². The van der Waals surface area contributed by atoms with Gasteiger partial charge in [-0.1, -0.05) is 23.7 Å². The molecule has 0 aliphatic carbocycles. The molecule has 106 valence electrons. The van der Waals surface area contributed by atoms with Gasteiger partial charge in [0.1, 0.15) is 0 Å². The van der Waals surface area contributed by atoms with Crippen LogP contribution in [-0.2, 0) is 6.54 Å². The molecule has 0 spiro atoms. The van der Waals surface area contributed by atoms with Crippen molar-refractivity contribution in [2.75, 3.05) is 23.8 Å². The molecule has 1 aromatic carbocycles. The lowest BCUT2D eigenvalue weighted by atomic mass is 10.2. The topological polar surface area (TPSA) is 41.1 Å². The van der Waals surface area contributed by atoms with Gasteiger partial charge in [-0.3, -0.25) is 0 Å². The fraction of sp³-hybridized carbons (Fsp3) is 0.286. The maximum atomic E-state index is 13.8. The van der Waals surface area contributed by atoms with Gasteiger partial charge >= 0.3 is 0 Å². The summed E-state index contributed by atoms with van der Waals surface area (Å²) in [5.74, 6) is 0.231. The maximum absolute atomic E-state index is 13.8. The van der Waals surface area contributed by atoms with Gasteiger partial charge in [0.2, 0.25) is 5.95 Å². The van der Waals surface area contributed by atoms with E-state index in [4.69, 9.17) is 11.6 Å². The molecule has 0 saturated carbocycles. The van der Waals surface area contributed by atoms with Crippen LogP contribution in [0.5, 0.6) is 0 Å². The molecule has 0 atom stereocenters. The van der Waals surface area contributed by atoms with Crippen molar-refractivity contribution in [3.8, 4) is 0 Å². The highest BCUT2D eigenvalue weighted by atomic mass is 35.5. The van der Waals surface area contributed by atoms with Crippen LogP contribution in [0.25, 0.3) is 0 Å². The molecule has 0 unspecified atom stereocenters. The number of hydrogen-bond donors (Lipinski definition) is 1. The Morgan fingerprint density at radius 3 is 2.90 bits per heavy atom.